The Balaban J connectivity index is 1.47. The van der Waals surface area contributed by atoms with E-state index in [0.717, 1.165) is 3.79 Å². The standard InChI is InChI=1S/C20H19BrClN3O6S/c1-29-18-13(23-20(28)31-17-5-4-15(21)32-17)9-25(19(18)27)11-2-3-14(12(22)8-11)24-6-7-30-10-16(24)26/h2-5,8,13,18H,6-7,9-10H2,1H3,(H,23,28). The number of nitrogens with one attached hydrogen (secondary N) is 1. The molecule has 9 nitrogen and oxygen atoms in total. The highest BCUT2D eigenvalue weighted by Crippen LogP contribution is 2.33. The normalized spacial score (nSPS) is 21.2. The van der Waals surface area contributed by atoms with E-state index in [-0.39, 0.29) is 25.0 Å². The fourth-order valence-electron chi connectivity index (χ4n) is 3.61. The number of hydrogen-bond acceptors (Lipinski definition) is 7. The van der Waals surface area contributed by atoms with Gasteiger partial charge in [-0.05, 0) is 46.3 Å². The van der Waals surface area contributed by atoms with Crippen molar-refractivity contribution in [1.29, 1.82) is 0 Å². The second kappa shape index (κ2) is 9.75. The highest BCUT2D eigenvalue weighted by molar-refractivity contribution is 9.11. The third-order valence-corrected chi connectivity index (χ3v) is 6.88. The average molecular weight is 545 g/mol. The Morgan fingerprint density at radius 3 is 2.75 bits per heavy atom. The van der Waals surface area contributed by atoms with Crippen molar-refractivity contribution in [3.63, 3.8) is 0 Å². The number of rotatable bonds is 5. The maximum absolute atomic E-state index is 12.9. The Bertz CT molecular complexity index is 1050. The topological polar surface area (TPSA) is 97.4 Å². The van der Waals surface area contributed by atoms with Crippen LogP contribution in [0.4, 0.5) is 16.2 Å². The summed E-state index contributed by atoms with van der Waals surface area (Å²) in [6, 6.07) is 7.83. The van der Waals surface area contributed by atoms with Crippen LogP contribution < -0.4 is 19.9 Å². The van der Waals surface area contributed by atoms with E-state index in [1.807, 2.05) is 0 Å². The number of hydrogen-bond donors (Lipinski definition) is 1. The van der Waals surface area contributed by atoms with Crippen LogP contribution in [0.25, 0.3) is 0 Å². The lowest BCUT2D eigenvalue weighted by Crippen LogP contribution is -2.45. The molecule has 0 aliphatic carbocycles. The van der Waals surface area contributed by atoms with Crippen molar-refractivity contribution in [2.75, 3.05) is 43.2 Å². The molecule has 0 bridgehead atoms. The first kappa shape index (κ1) is 23.0. The van der Waals surface area contributed by atoms with Crippen LogP contribution in [0, 0.1) is 0 Å². The summed E-state index contributed by atoms with van der Waals surface area (Å²) < 4.78 is 16.6. The summed E-state index contributed by atoms with van der Waals surface area (Å²) in [5.74, 6) is -0.494. The number of anilines is 2. The Morgan fingerprint density at radius 1 is 1.28 bits per heavy atom. The summed E-state index contributed by atoms with van der Waals surface area (Å²) in [5.41, 5.74) is 1.09. The van der Waals surface area contributed by atoms with Gasteiger partial charge in [-0.25, -0.2) is 4.79 Å². The van der Waals surface area contributed by atoms with E-state index in [1.165, 1.54) is 23.3 Å². The molecule has 32 heavy (non-hydrogen) atoms. The zero-order chi connectivity index (χ0) is 22.8. The van der Waals surface area contributed by atoms with Crippen LogP contribution in [0.3, 0.4) is 0 Å². The molecule has 2 aromatic rings. The monoisotopic (exact) mass is 543 g/mol. The first-order valence-corrected chi connectivity index (χ1v) is 11.6. The summed E-state index contributed by atoms with van der Waals surface area (Å²) in [4.78, 5) is 40.4. The summed E-state index contributed by atoms with van der Waals surface area (Å²) in [7, 11) is 1.41. The Hall–Kier alpha value is -2.18. The van der Waals surface area contributed by atoms with Crippen LogP contribution in [0.5, 0.6) is 5.06 Å². The molecular weight excluding hydrogens is 526 g/mol. The van der Waals surface area contributed by atoms with E-state index in [1.54, 1.807) is 35.2 Å². The quantitative estimate of drug-likeness (QED) is 0.622. The number of morpholine rings is 1. The number of amides is 3. The maximum Gasteiger partial charge on any atom is 0.413 e. The van der Waals surface area contributed by atoms with Crippen LogP contribution >= 0.6 is 38.9 Å². The van der Waals surface area contributed by atoms with Gasteiger partial charge >= 0.3 is 6.09 Å². The Morgan fingerprint density at radius 2 is 2.09 bits per heavy atom. The molecule has 3 amide bonds. The van der Waals surface area contributed by atoms with Gasteiger partial charge in [0.15, 0.2) is 11.2 Å². The fraction of sp³-hybridized carbons (Fsp3) is 0.350. The number of nitrogens with zero attached hydrogens (tertiary/aromatic N) is 2. The Kier molecular flexibility index (Phi) is 7.01. The smallest absolute Gasteiger partial charge is 0.399 e. The zero-order valence-corrected chi connectivity index (χ0v) is 20.0. The predicted molar refractivity (Wildman–Crippen MR) is 123 cm³/mol. The summed E-state index contributed by atoms with van der Waals surface area (Å²) in [5, 5.41) is 3.45. The molecule has 1 aromatic carbocycles. The molecule has 2 saturated heterocycles. The van der Waals surface area contributed by atoms with Gasteiger partial charge in [0.25, 0.3) is 11.8 Å². The van der Waals surface area contributed by atoms with Crippen molar-refractivity contribution >= 4 is 68.2 Å². The van der Waals surface area contributed by atoms with Gasteiger partial charge in [-0.15, -0.1) is 0 Å². The molecule has 2 unspecified atom stereocenters. The van der Waals surface area contributed by atoms with Gasteiger partial charge < -0.3 is 29.3 Å². The number of carbonyl (C=O) groups is 3. The lowest BCUT2D eigenvalue weighted by atomic mass is 10.2. The van der Waals surface area contributed by atoms with Gasteiger partial charge in [0.1, 0.15) is 6.61 Å². The van der Waals surface area contributed by atoms with Gasteiger partial charge in [-0.3, -0.25) is 9.59 Å². The van der Waals surface area contributed by atoms with E-state index >= 15 is 0 Å². The minimum atomic E-state index is -0.878. The van der Waals surface area contributed by atoms with Gasteiger partial charge in [0, 0.05) is 25.9 Å². The van der Waals surface area contributed by atoms with Crippen LogP contribution in [0.15, 0.2) is 34.1 Å². The van der Waals surface area contributed by atoms with E-state index in [9.17, 15) is 14.4 Å². The summed E-state index contributed by atoms with van der Waals surface area (Å²) in [6.45, 7) is 1.01. The predicted octanol–water partition coefficient (Wildman–Crippen LogP) is 3.05. The fourth-order valence-corrected chi connectivity index (χ4v) is 5.08. The molecule has 2 atom stereocenters. The van der Waals surface area contributed by atoms with Gasteiger partial charge in [-0.2, -0.15) is 0 Å². The first-order valence-electron chi connectivity index (χ1n) is 9.63. The number of thiophene rings is 1. The SMILES string of the molecule is COC1C(=O)N(c2ccc(N3CCOCC3=O)c(Cl)c2)CC1NC(=O)Oc1ccc(Br)s1. The van der Waals surface area contributed by atoms with E-state index < -0.39 is 18.2 Å². The molecule has 170 valence electrons. The molecule has 2 fully saturated rings. The van der Waals surface area contributed by atoms with Gasteiger partial charge in [0.2, 0.25) is 0 Å². The molecule has 0 spiro atoms. The highest BCUT2D eigenvalue weighted by atomic mass is 79.9. The Labute approximate surface area is 201 Å². The second-order valence-corrected chi connectivity index (χ2v) is 9.87. The number of methoxy groups -OCH3 is 1. The molecule has 2 aliphatic rings. The van der Waals surface area contributed by atoms with Crippen molar-refractivity contribution in [2.24, 2.45) is 0 Å². The van der Waals surface area contributed by atoms with E-state index in [0.29, 0.717) is 34.6 Å². The van der Waals surface area contributed by atoms with Crippen molar-refractivity contribution in [2.45, 2.75) is 12.1 Å². The average Bonchev–Trinajstić information content (AvgIpc) is 3.30. The lowest BCUT2D eigenvalue weighted by molar-refractivity contribution is -0.126. The van der Waals surface area contributed by atoms with Crippen molar-refractivity contribution in [3.8, 4) is 5.06 Å². The van der Waals surface area contributed by atoms with Crippen LogP contribution in [-0.2, 0) is 19.1 Å². The molecule has 12 heteroatoms. The minimum absolute atomic E-state index is 0.00405. The molecule has 0 radical (unpaired) electrons. The number of benzene rings is 1. The van der Waals surface area contributed by atoms with E-state index in [2.05, 4.69) is 21.2 Å². The number of halogens is 2. The molecule has 4 rings (SSSR count). The molecule has 1 aromatic heterocycles. The summed E-state index contributed by atoms with van der Waals surface area (Å²) >= 11 is 11.0. The van der Waals surface area contributed by atoms with Gasteiger partial charge in [-0.1, -0.05) is 22.9 Å². The van der Waals surface area contributed by atoms with Crippen molar-refractivity contribution in [3.05, 3.63) is 39.1 Å². The molecule has 0 saturated carbocycles. The largest absolute Gasteiger partial charge is 0.413 e. The molecule has 1 N–H and O–H groups in total. The second-order valence-electron chi connectivity index (χ2n) is 7.04. The third kappa shape index (κ3) is 4.76. The maximum atomic E-state index is 12.9. The molecular formula is C20H19BrClN3O6S. The van der Waals surface area contributed by atoms with Crippen LogP contribution in [0.2, 0.25) is 5.02 Å². The van der Waals surface area contributed by atoms with E-state index in [4.69, 9.17) is 25.8 Å². The zero-order valence-electron chi connectivity index (χ0n) is 16.9. The van der Waals surface area contributed by atoms with Crippen molar-refractivity contribution < 1.29 is 28.6 Å². The lowest BCUT2D eigenvalue weighted by Gasteiger charge is -2.28. The van der Waals surface area contributed by atoms with Crippen molar-refractivity contribution in [1.82, 2.24) is 5.32 Å². The summed E-state index contributed by atoms with van der Waals surface area (Å²) in [6.07, 6.45) is -1.56. The molecule has 2 aliphatic heterocycles. The minimum Gasteiger partial charge on any atom is -0.399 e. The van der Waals surface area contributed by atoms with Crippen LogP contribution in [-0.4, -0.2) is 63.5 Å². The number of ether oxygens (including phenoxy) is 3. The third-order valence-electron chi connectivity index (χ3n) is 5.07. The molecule has 3 heterocycles. The van der Waals surface area contributed by atoms with Crippen LogP contribution in [0.1, 0.15) is 0 Å². The number of carbonyl (C=O) groups excluding carboxylic acids is 3. The first-order chi connectivity index (χ1) is 15.4. The highest BCUT2D eigenvalue weighted by Gasteiger charge is 2.42. The van der Waals surface area contributed by atoms with Gasteiger partial charge in [0.05, 0.1) is 27.1 Å².